The molecule has 2 aromatic heterocycles. The van der Waals surface area contributed by atoms with Crippen LogP contribution < -0.4 is 9.64 Å². The molecule has 1 aromatic carbocycles. The van der Waals surface area contributed by atoms with Crippen LogP contribution >= 0.6 is 11.3 Å². The van der Waals surface area contributed by atoms with Crippen LogP contribution in [0.5, 0.6) is 5.75 Å². The van der Waals surface area contributed by atoms with Crippen LogP contribution in [0.1, 0.15) is 48.5 Å². The molecule has 2 aliphatic heterocycles. The number of aliphatic hydroxyl groups excluding tert-OH is 1. The zero-order valence-electron chi connectivity index (χ0n) is 21.7. The van der Waals surface area contributed by atoms with E-state index in [-0.39, 0.29) is 24.2 Å². The summed E-state index contributed by atoms with van der Waals surface area (Å²) in [5, 5.41) is 11.1. The summed E-state index contributed by atoms with van der Waals surface area (Å²) in [6, 6.07) is 8.23. The van der Waals surface area contributed by atoms with Crippen molar-refractivity contribution in [3.05, 3.63) is 53.4 Å². The van der Waals surface area contributed by atoms with Gasteiger partial charge in [-0.2, -0.15) is 0 Å². The molecule has 3 aromatic rings. The first-order valence-electron chi connectivity index (χ1n) is 13.3. The van der Waals surface area contributed by atoms with Gasteiger partial charge in [0.15, 0.2) is 0 Å². The number of para-hydroxylation sites is 1. The molecular formula is C29H36N2O5S. The Bertz CT molecular complexity index is 1200. The van der Waals surface area contributed by atoms with Gasteiger partial charge >= 0.3 is 0 Å². The zero-order valence-corrected chi connectivity index (χ0v) is 22.5. The number of aromatic nitrogens is 1. The number of hydrogen-bond donors (Lipinski definition) is 1. The molecule has 2 fully saturated rings. The number of hydrogen-bond acceptors (Lipinski definition) is 8. The summed E-state index contributed by atoms with van der Waals surface area (Å²) in [4.78, 5) is 8.10. The smallest absolute Gasteiger partial charge is 0.236 e. The van der Waals surface area contributed by atoms with Crippen LogP contribution in [-0.2, 0) is 15.9 Å². The van der Waals surface area contributed by atoms with Crippen LogP contribution in [0.3, 0.4) is 0 Å². The number of anilines is 1. The van der Waals surface area contributed by atoms with E-state index in [4.69, 9.17) is 18.6 Å². The van der Waals surface area contributed by atoms with Crippen molar-refractivity contribution in [3.63, 3.8) is 0 Å². The summed E-state index contributed by atoms with van der Waals surface area (Å²) >= 11 is 1.78. The Morgan fingerprint density at radius 1 is 1.24 bits per heavy atom. The maximum absolute atomic E-state index is 9.80. The number of rotatable bonds is 8. The highest BCUT2D eigenvalue weighted by molar-refractivity contribution is 7.19. The third-order valence-electron chi connectivity index (χ3n) is 8.34. The van der Waals surface area contributed by atoms with Gasteiger partial charge < -0.3 is 28.6 Å². The fourth-order valence-corrected chi connectivity index (χ4v) is 7.82. The standard InChI is InChI=1S/C29H36N2O5S/c1-19-23-15-29(13-20(14-29)17-32)18-31(28(23)37-26(19)27-30-9-12-35-27)16-25(36-21-7-10-34-11-8-21)22-5-3-4-6-24(22)33-2/h3-6,9,12,20-21,25,32H,7-8,10-11,13-18H2,1-2H3. The maximum Gasteiger partial charge on any atom is 0.236 e. The van der Waals surface area contributed by atoms with Crippen LogP contribution in [0.4, 0.5) is 5.00 Å². The van der Waals surface area contributed by atoms with E-state index in [1.54, 1.807) is 30.9 Å². The molecule has 1 saturated carbocycles. The lowest BCUT2D eigenvalue weighted by Crippen LogP contribution is -2.52. The van der Waals surface area contributed by atoms with Crippen LogP contribution in [-0.4, -0.2) is 56.2 Å². The van der Waals surface area contributed by atoms with E-state index < -0.39 is 0 Å². The van der Waals surface area contributed by atoms with E-state index in [1.165, 1.54) is 16.1 Å². The molecular weight excluding hydrogens is 488 g/mol. The van der Waals surface area contributed by atoms with Crippen molar-refractivity contribution in [2.24, 2.45) is 11.3 Å². The second-order valence-electron chi connectivity index (χ2n) is 10.9. The Kier molecular flexibility index (Phi) is 7.01. The molecule has 1 spiro atoms. The molecule has 198 valence electrons. The Morgan fingerprint density at radius 3 is 2.78 bits per heavy atom. The summed E-state index contributed by atoms with van der Waals surface area (Å²) in [6.07, 6.45) is 8.36. The summed E-state index contributed by atoms with van der Waals surface area (Å²) in [6.45, 7) is 5.66. The summed E-state index contributed by atoms with van der Waals surface area (Å²) < 4.78 is 23.9. The van der Waals surface area contributed by atoms with Crippen LogP contribution in [0, 0.1) is 18.3 Å². The van der Waals surface area contributed by atoms with Gasteiger partial charge in [-0.05, 0) is 67.6 Å². The van der Waals surface area contributed by atoms with E-state index in [0.29, 0.717) is 11.8 Å². The molecule has 6 rings (SSSR count). The fourth-order valence-electron chi connectivity index (χ4n) is 6.55. The highest BCUT2D eigenvalue weighted by Crippen LogP contribution is 2.56. The highest BCUT2D eigenvalue weighted by Gasteiger charge is 2.49. The molecule has 0 radical (unpaired) electrons. The predicted molar refractivity (Wildman–Crippen MR) is 143 cm³/mol. The van der Waals surface area contributed by atoms with Gasteiger partial charge in [-0.15, -0.1) is 11.3 Å². The summed E-state index contributed by atoms with van der Waals surface area (Å²) in [5.74, 6) is 1.95. The zero-order chi connectivity index (χ0) is 25.4. The topological polar surface area (TPSA) is 77.2 Å². The molecule has 3 aliphatic rings. The monoisotopic (exact) mass is 524 g/mol. The third kappa shape index (κ3) is 4.80. The first kappa shape index (κ1) is 24.9. The molecule has 1 saturated heterocycles. The molecule has 7 nitrogen and oxygen atoms in total. The minimum absolute atomic E-state index is 0.136. The van der Waals surface area contributed by atoms with Crippen molar-refractivity contribution >= 4 is 16.3 Å². The van der Waals surface area contributed by atoms with Crippen LogP contribution in [0.25, 0.3) is 10.8 Å². The normalized spacial score (nSPS) is 24.6. The van der Waals surface area contributed by atoms with E-state index in [0.717, 1.165) is 74.6 Å². The first-order chi connectivity index (χ1) is 18.1. The van der Waals surface area contributed by atoms with Gasteiger partial charge in [0.25, 0.3) is 0 Å². The first-order valence-corrected chi connectivity index (χ1v) is 14.1. The van der Waals surface area contributed by atoms with Crippen molar-refractivity contribution in [2.75, 3.05) is 44.9 Å². The van der Waals surface area contributed by atoms with E-state index in [2.05, 4.69) is 28.9 Å². The maximum atomic E-state index is 9.80. The Balaban J connectivity index is 1.36. The fraction of sp³-hybridized carbons (Fsp3) is 0.552. The number of methoxy groups -OCH3 is 1. The van der Waals surface area contributed by atoms with Crippen molar-refractivity contribution in [2.45, 2.75) is 51.2 Å². The highest BCUT2D eigenvalue weighted by atomic mass is 32.1. The van der Waals surface area contributed by atoms with Gasteiger partial charge in [0.05, 0.1) is 29.3 Å². The van der Waals surface area contributed by atoms with Gasteiger partial charge in [-0.1, -0.05) is 18.2 Å². The quantitative estimate of drug-likeness (QED) is 0.422. The second kappa shape index (κ2) is 10.4. The Labute approximate surface area is 222 Å². The summed E-state index contributed by atoms with van der Waals surface area (Å²) in [5.41, 5.74) is 3.92. The van der Waals surface area contributed by atoms with Gasteiger partial charge in [-0.25, -0.2) is 4.98 Å². The minimum atomic E-state index is -0.136. The number of benzene rings is 1. The number of thiophene rings is 1. The van der Waals surface area contributed by atoms with Gasteiger partial charge in [0, 0.05) is 38.5 Å². The molecule has 1 unspecified atom stereocenters. The predicted octanol–water partition coefficient (Wildman–Crippen LogP) is 5.41. The van der Waals surface area contributed by atoms with Gasteiger partial charge in [0.1, 0.15) is 18.1 Å². The van der Waals surface area contributed by atoms with E-state index in [9.17, 15) is 5.11 Å². The Hall–Kier alpha value is -2.39. The van der Waals surface area contributed by atoms with Crippen molar-refractivity contribution in [1.82, 2.24) is 4.98 Å². The molecule has 1 aliphatic carbocycles. The number of fused-ring (bicyclic) bond motifs is 1. The molecule has 8 heteroatoms. The van der Waals surface area contributed by atoms with Crippen molar-refractivity contribution < 1.29 is 23.7 Å². The molecule has 0 bridgehead atoms. The van der Waals surface area contributed by atoms with Crippen molar-refractivity contribution in [3.8, 4) is 16.5 Å². The molecule has 37 heavy (non-hydrogen) atoms. The number of oxazole rings is 1. The number of ether oxygens (including phenoxy) is 3. The Morgan fingerprint density at radius 2 is 2.05 bits per heavy atom. The SMILES string of the molecule is COc1ccccc1C(CN1CC2(Cc3c1sc(-c1ncco1)c3C)CC(CO)C2)OC1CCOCC1. The molecule has 1 N–H and O–H groups in total. The molecule has 0 amide bonds. The van der Waals surface area contributed by atoms with Crippen molar-refractivity contribution in [1.29, 1.82) is 0 Å². The lowest BCUT2D eigenvalue weighted by Gasteiger charge is -2.53. The van der Waals surface area contributed by atoms with Crippen LogP contribution in [0.15, 0.2) is 41.1 Å². The second-order valence-corrected chi connectivity index (χ2v) is 11.9. The lowest BCUT2D eigenvalue weighted by atomic mass is 9.58. The van der Waals surface area contributed by atoms with Gasteiger partial charge in [-0.3, -0.25) is 0 Å². The molecule has 4 heterocycles. The van der Waals surface area contributed by atoms with Crippen LogP contribution in [0.2, 0.25) is 0 Å². The summed E-state index contributed by atoms with van der Waals surface area (Å²) in [7, 11) is 1.73. The average Bonchev–Trinajstić information content (AvgIpc) is 3.55. The van der Waals surface area contributed by atoms with E-state index in [1.807, 2.05) is 12.1 Å². The van der Waals surface area contributed by atoms with E-state index >= 15 is 0 Å². The average molecular weight is 525 g/mol. The van der Waals surface area contributed by atoms with Gasteiger partial charge in [0.2, 0.25) is 5.89 Å². The minimum Gasteiger partial charge on any atom is -0.496 e. The lowest BCUT2D eigenvalue weighted by molar-refractivity contribution is -0.0688. The largest absolute Gasteiger partial charge is 0.496 e. The molecule has 1 atom stereocenters. The third-order valence-corrected chi connectivity index (χ3v) is 9.72. The number of nitrogens with zero attached hydrogens (tertiary/aromatic N) is 2. The number of aliphatic hydroxyl groups is 1.